The summed E-state index contributed by atoms with van der Waals surface area (Å²) in [5.41, 5.74) is 4.71. The molecule has 0 aliphatic rings. The van der Waals surface area contributed by atoms with Crippen LogP contribution < -0.4 is 10.9 Å². The van der Waals surface area contributed by atoms with Crippen molar-refractivity contribution in [3.63, 3.8) is 0 Å². The molecular weight excluding hydrogens is 556 g/mol. The van der Waals surface area contributed by atoms with Gasteiger partial charge in [0.25, 0.3) is 5.56 Å². The minimum Gasteiger partial charge on any atom is -0.370 e. The van der Waals surface area contributed by atoms with E-state index >= 15 is 0 Å². The van der Waals surface area contributed by atoms with Crippen LogP contribution >= 0.6 is 0 Å². The number of aryl methyl sites for hydroxylation is 1. The summed E-state index contributed by atoms with van der Waals surface area (Å²) < 4.78 is 11.1. The number of hydrogen-bond donors (Lipinski definition) is 1. The van der Waals surface area contributed by atoms with Crippen LogP contribution in [0.15, 0.2) is 65.7 Å². The van der Waals surface area contributed by atoms with E-state index in [0.29, 0.717) is 59.1 Å². The number of benzene rings is 2. The van der Waals surface area contributed by atoms with Crippen LogP contribution in [0.25, 0.3) is 49.7 Å². The van der Waals surface area contributed by atoms with E-state index in [9.17, 15) is 10.1 Å². The van der Waals surface area contributed by atoms with E-state index in [1.807, 2.05) is 79.5 Å². The molecule has 0 saturated heterocycles. The maximum absolute atomic E-state index is 14.3. The monoisotopic (exact) mass is 590 g/mol. The Hall–Kier alpha value is -4.79. The standard InChI is InChI=1S/C32H34N8O2Si/c1-6-34-29-12-10-27-31(35-29)30(32(41)40(37-27)24-8-9-26-22(15-24)18-38(2)36-26)21-7-11-28-25(16-21)23(17-33)19-39(28)20-42-13-14-43(3,4)5/h7-12,15-16,18-19H,6,13-14,20H2,1-5H3,(H,34,35). The number of nitrogens with one attached hydrogen (secondary N) is 1. The third kappa shape index (κ3) is 5.54. The Kier molecular flexibility index (Phi) is 7.33. The molecule has 6 rings (SSSR count). The van der Waals surface area contributed by atoms with Crippen molar-refractivity contribution in [3.8, 4) is 22.9 Å². The van der Waals surface area contributed by atoms with E-state index in [1.165, 1.54) is 4.68 Å². The number of hydrogen-bond acceptors (Lipinski definition) is 7. The van der Waals surface area contributed by atoms with E-state index in [1.54, 1.807) is 4.68 Å². The van der Waals surface area contributed by atoms with Crippen molar-refractivity contribution in [2.75, 3.05) is 18.5 Å². The highest BCUT2D eigenvalue weighted by molar-refractivity contribution is 6.76. The molecule has 6 aromatic rings. The highest BCUT2D eigenvalue weighted by Crippen LogP contribution is 2.30. The summed E-state index contributed by atoms with van der Waals surface area (Å²) in [5.74, 6) is 0.660. The first-order chi connectivity index (χ1) is 20.6. The average molecular weight is 591 g/mol. The topological polar surface area (TPSA) is 116 Å². The molecule has 0 fully saturated rings. The van der Waals surface area contributed by atoms with Gasteiger partial charge in [0.05, 0.1) is 27.8 Å². The Morgan fingerprint density at radius 2 is 1.84 bits per heavy atom. The second-order valence-electron chi connectivity index (χ2n) is 11.9. The first-order valence-electron chi connectivity index (χ1n) is 14.4. The molecule has 0 spiro atoms. The summed E-state index contributed by atoms with van der Waals surface area (Å²) in [6.45, 7) is 10.7. The molecule has 4 aromatic heterocycles. The van der Waals surface area contributed by atoms with Crippen LogP contribution in [0.2, 0.25) is 25.7 Å². The van der Waals surface area contributed by atoms with Gasteiger partial charge in [-0.15, -0.1) is 0 Å². The predicted molar refractivity (Wildman–Crippen MR) is 173 cm³/mol. The third-order valence-corrected chi connectivity index (χ3v) is 9.15. The summed E-state index contributed by atoms with van der Waals surface area (Å²) in [5, 5.41) is 24.1. The van der Waals surface area contributed by atoms with Gasteiger partial charge in [0.2, 0.25) is 0 Å². The van der Waals surface area contributed by atoms with Gasteiger partial charge in [0, 0.05) is 51.4 Å². The van der Waals surface area contributed by atoms with Crippen LogP contribution in [0.3, 0.4) is 0 Å². The SMILES string of the molecule is CCNc1ccc2nn(-c3ccc4nn(C)cc4c3)c(=O)c(-c3ccc4c(c3)c(C#N)cn4COCC[Si](C)(C)C)c2n1. The lowest BCUT2D eigenvalue weighted by atomic mass is 10.0. The molecule has 11 heteroatoms. The van der Waals surface area contributed by atoms with Crippen LogP contribution in [-0.4, -0.2) is 50.3 Å². The first kappa shape index (κ1) is 28.3. The number of ether oxygens (including phenoxy) is 1. The quantitative estimate of drug-likeness (QED) is 0.165. The summed E-state index contributed by atoms with van der Waals surface area (Å²) in [7, 11) is 0.652. The van der Waals surface area contributed by atoms with Gasteiger partial charge in [0.1, 0.15) is 29.7 Å². The zero-order valence-electron chi connectivity index (χ0n) is 25.0. The van der Waals surface area contributed by atoms with Crippen molar-refractivity contribution >= 4 is 46.7 Å². The Morgan fingerprint density at radius 1 is 1.02 bits per heavy atom. The summed E-state index contributed by atoms with van der Waals surface area (Å²) in [6, 6.07) is 18.5. The number of anilines is 1. The zero-order valence-corrected chi connectivity index (χ0v) is 26.0. The van der Waals surface area contributed by atoms with Crippen molar-refractivity contribution in [3.05, 3.63) is 76.8 Å². The molecule has 0 amide bonds. The van der Waals surface area contributed by atoms with Gasteiger partial charge in [-0.1, -0.05) is 25.7 Å². The van der Waals surface area contributed by atoms with E-state index in [4.69, 9.17) is 14.8 Å². The largest absolute Gasteiger partial charge is 0.370 e. The summed E-state index contributed by atoms with van der Waals surface area (Å²) >= 11 is 0. The van der Waals surface area contributed by atoms with E-state index in [-0.39, 0.29) is 5.56 Å². The zero-order chi connectivity index (χ0) is 30.3. The van der Waals surface area contributed by atoms with Crippen molar-refractivity contribution in [2.45, 2.75) is 39.3 Å². The number of pyridine rings is 1. The number of nitriles is 1. The average Bonchev–Trinajstić information content (AvgIpc) is 3.52. The maximum Gasteiger partial charge on any atom is 0.281 e. The van der Waals surface area contributed by atoms with Gasteiger partial charge in [0.15, 0.2) is 0 Å². The van der Waals surface area contributed by atoms with Gasteiger partial charge in [-0.3, -0.25) is 9.48 Å². The van der Waals surface area contributed by atoms with Gasteiger partial charge in [-0.05, 0) is 61.0 Å². The van der Waals surface area contributed by atoms with Gasteiger partial charge < -0.3 is 14.6 Å². The van der Waals surface area contributed by atoms with Crippen molar-refractivity contribution < 1.29 is 4.74 Å². The van der Waals surface area contributed by atoms with E-state index in [2.05, 4.69) is 36.1 Å². The minimum atomic E-state index is -1.21. The smallest absolute Gasteiger partial charge is 0.281 e. The number of rotatable bonds is 9. The molecular formula is C32H34N8O2Si. The highest BCUT2D eigenvalue weighted by atomic mass is 28.3. The molecule has 0 bridgehead atoms. The van der Waals surface area contributed by atoms with Crippen LogP contribution in [0.1, 0.15) is 12.5 Å². The predicted octanol–water partition coefficient (Wildman–Crippen LogP) is 5.90. The van der Waals surface area contributed by atoms with Crippen LogP contribution in [0, 0.1) is 11.3 Å². The minimum absolute atomic E-state index is 0.302. The van der Waals surface area contributed by atoms with E-state index < -0.39 is 8.07 Å². The second kappa shape index (κ2) is 11.1. The van der Waals surface area contributed by atoms with Crippen molar-refractivity contribution in [2.24, 2.45) is 7.05 Å². The van der Waals surface area contributed by atoms with Crippen molar-refractivity contribution in [1.82, 2.24) is 29.1 Å². The molecule has 0 unspecified atom stereocenters. The number of nitrogens with zero attached hydrogens (tertiary/aromatic N) is 7. The Labute approximate surface area is 250 Å². The summed E-state index contributed by atoms with van der Waals surface area (Å²) in [6.07, 6.45) is 3.73. The van der Waals surface area contributed by atoms with Crippen LogP contribution in [0.4, 0.5) is 5.82 Å². The second-order valence-corrected chi connectivity index (χ2v) is 17.6. The molecule has 1 N–H and O–H groups in total. The number of aromatic nitrogens is 6. The van der Waals surface area contributed by atoms with Gasteiger partial charge in [-0.2, -0.15) is 20.1 Å². The first-order valence-corrected chi connectivity index (χ1v) is 18.1. The third-order valence-electron chi connectivity index (χ3n) is 7.45. The molecule has 218 valence electrons. The molecule has 4 heterocycles. The molecule has 0 aliphatic carbocycles. The fourth-order valence-electron chi connectivity index (χ4n) is 5.25. The normalized spacial score (nSPS) is 11.9. The Balaban J connectivity index is 1.50. The lowest BCUT2D eigenvalue weighted by Gasteiger charge is -2.16. The molecule has 2 aromatic carbocycles. The van der Waals surface area contributed by atoms with Crippen LogP contribution in [0.5, 0.6) is 0 Å². The molecule has 0 atom stereocenters. The van der Waals surface area contributed by atoms with E-state index in [0.717, 1.165) is 27.8 Å². The summed E-state index contributed by atoms with van der Waals surface area (Å²) in [4.78, 5) is 19.1. The Morgan fingerprint density at radius 3 is 2.60 bits per heavy atom. The molecule has 0 aliphatic heterocycles. The molecule has 0 radical (unpaired) electrons. The van der Waals surface area contributed by atoms with Gasteiger partial charge in [-0.25, -0.2) is 4.98 Å². The highest BCUT2D eigenvalue weighted by Gasteiger charge is 2.19. The lowest BCUT2D eigenvalue weighted by molar-refractivity contribution is 0.0902. The van der Waals surface area contributed by atoms with Gasteiger partial charge >= 0.3 is 0 Å². The number of fused-ring (bicyclic) bond motifs is 3. The van der Waals surface area contributed by atoms with Crippen molar-refractivity contribution in [1.29, 1.82) is 5.26 Å². The molecule has 10 nitrogen and oxygen atoms in total. The lowest BCUT2D eigenvalue weighted by Crippen LogP contribution is -2.23. The molecule has 0 saturated carbocycles. The van der Waals surface area contributed by atoms with Crippen LogP contribution in [-0.2, 0) is 18.5 Å². The maximum atomic E-state index is 14.3. The fourth-order valence-corrected chi connectivity index (χ4v) is 6.01. The fraction of sp³-hybridized carbons (Fsp3) is 0.281. The molecule has 43 heavy (non-hydrogen) atoms. The Bertz CT molecular complexity index is 2100.